The van der Waals surface area contributed by atoms with Gasteiger partial charge in [-0.15, -0.1) is 0 Å². The zero-order valence-corrected chi connectivity index (χ0v) is 10.6. The molecular formula is C12H16FNO2S. The van der Waals surface area contributed by atoms with Crippen LogP contribution in [0, 0.1) is 5.82 Å². The molecule has 0 spiro atoms. The van der Waals surface area contributed by atoms with E-state index in [0.717, 1.165) is 5.56 Å². The Morgan fingerprint density at radius 2 is 2.24 bits per heavy atom. The summed E-state index contributed by atoms with van der Waals surface area (Å²) in [5.41, 5.74) is 0.872. The van der Waals surface area contributed by atoms with Gasteiger partial charge in [-0.1, -0.05) is 12.1 Å². The van der Waals surface area contributed by atoms with Crippen LogP contribution in [0.25, 0.3) is 0 Å². The first-order chi connectivity index (χ1) is 7.96. The fourth-order valence-electron chi connectivity index (χ4n) is 2.18. The van der Waals surface area contributed by atoms with Crippen LogP contribution < -0.4 is 0 Å². The largest absolute Gasteiger partial charge is 0.298 e. The van der Waals surface area contributed by atoms with Crippen LogP contribution in [0.2, 0.25) is 0 Å². The zero-order valence-electron chi connectivity index (χ0n) is 9.77. The lowest BCUT2D eigenvalue weighted by Crippen LogP contribution is -2.32. The van der Waals surface area contributed by atoms with Crippen LogP contribution in [-0.2, 0) is 16.4 Å². The van der Waals surface area contributed by atoms with Gasteiger partial charge in [0.15, 0.2) is 9.84 Å². The van der Waals surface area contributed by atoms with Crippen molar-refractivity contribution in [1.29, 1.82) is 0 Å². The SMILES string of the molecule is CN(Cc1cccc(F)c1)[C@H]1CCS(=O)(=O)C1. The van der Waals surface area contributed by atoms with Gasteiger partial charge in [-0.3, -0.25) is 4.90 Å². The van der Waals surface area contributed by atoms with E-state index in [2.05, 4.69) is 0 Å². The van der Waals surface area contributed by atoms with Gasteiger partial charge in [-0.25, -0.2) is 12.8 Å². The summed E-state index contributed by atoms with van der Waals surface area (Å²) < 4.78 is 35.7. The quantitative estimate of drug-likeness (QED) is 0.822. The van der Waals surface area contributed by atoms with E-state index in [-0.39, 0.29) is 23.4 Å². The molecule has 0 unspecified atom stereocenters. The van der Waals surface area contributed by atoms with Gasteiger partial charge in [0.2, 0.25) is 0 Å². The molecule has 3 nitrogen and oxygen atoms in total. The monoisotopic (exact) mass is 257 g/mol. The average molecular weight is 257 g/mol. The third kappa shape index (κ3) is 3.26. The minimum absolute atomic E-state index is 0.0586. The lowest BCUT2D eigenvalue weighted by Gasteiger charge is -2.22. The Labute approximate surface area is 101 Å². The molecule has 1 atom stereocenters. The first-order valence-electron chi connectivity index (χ1n) is 5.61. The molecule has 1 fully saturated rings. The maximum absolute atomic E-state index is 13.0. The van der Waals surface area contributed by atoms with E-state index < -0.39 is 9.84 Å². The molecule has 94 valence electrons. The highest BCUT2D eigenvalue weighted by molar-refractivity contribution is 7.91. The molecule has 1 heterocycles. The van der Waals surface area contributed by atoms with Gasteiger partial charge in [0.1, 0.15) is 5.82 Å². The average Bonchev–Trinajstić information content (AvgIpc) is 2.59. The van der Waals surface area contributed by atoms with Crippen molar-refractivity contribution in [2.75, 3.05) is 18.6 Å². The summed E-state index contributed by atoms with van der Waals surface area (Å²) in [7, 11) is -0.971. The first-order valence-corrected chi connectivity index (χ1v) is 7.43. The van der Waals surface area contributed by atoms with Gasteiger partial charge in [0, 0.05) is 12.6 Å². The minimum atomic E-state index is -2.86. The molecule has 0 saturated carbocycles. The predicted octanol–water partition coefficient (Wildman–Crippen LogP) is 1.44. The van der Waals surface area contributed by atoms with Gasteiger partial charge in [-0.05, 0) is 31.2 Å². The van der Waals surface area contributed by atoms with Crippen LogP contribution in [0.5, 0.6) is 0 Å². The molecule has 0 aromatic heterocycles. The van der Waals surface area contributed by atoms with Gasteiger partial charge >= 0.3 is 0 Å². The summed E-state index contributed by atoms with van der Waals surface area (Å²) >= 11 is 0. The third-order valence-electron chi connectivity index (χ3n) is 3.15. The molecule has 1 aromatic rings. The Kier molecular flexibility index (Phi) is 3.49. The van der Waals surface area contributed by atoms with Crippen LogP contribution in [-0.4, -0.2) is 37.9 Å². The summed E-state index contributed by atoms with van der Waals surface area (Å²) in [5, 5.41) is 0. The van der Waals surface area contributed by atoms with Crippen LogP contribution in [0.1, 0.15) is 12.0 Å². The van der Waals surface area contributed by atoms with E-state index in [4.69, 9.17) is 0 Å². The highest BCUT2D eigenvalue weighted by Crippen LogP contribution is 2.18. The second-order valence-corrected chi connectivity index (χ2v) is 6.83. The lowest BCUT2D eigenvalue weighted by atomic mass is 10.1. The molecule has 2 rings (SSSR count). The third-order valence-corrected chi connectivity index (χ3v) is 4.90. The van der Waals surface area contributed by atoms with Gasteiger partial charge in [0.25, 0.3) is 0 Å². The van der Waals surface area contributed by atoms with Crippen molar-refractivity contribution >= 4 is 9.84 Å². The van der Waals surface area contributed by atoms with Crippen molar-refractivity contribution in [2.24, 2.45) is 0 Å². The summed E-state index contributed by atoms with van der Waals surface area (Å²) in [6, 6.07) is 6.47. The molecule has 17 heavy (non-hydrogen) atoms. The molecule has 0 N–H and O–H groups in total. The van der Waals surface area contributed by atoms with Gasteiger partial charge < -0.3 is 0 Å². The second-order valence-electron chi connectivity index (χ2n) is 4.60. The van der Waals surface area contributed by atoms with E-state index in [9.17, 15) is 12.8 Å². The normalized spacial score (nSPS) is 23.1. The maximum Gasteiger partial charge on any atom is 0.151 e. The number of benzene rings is 1. The van der Waals surface area contributed by atoms with Crippen LogP contribution >= 0.6 is 0 Å². The van der Waals surface area contributed by atoms with E-state index in [1.165, 1.54) is 12.1 Å². The summed E-state index contributed by atoms with van der Waals surface area (Å²) in [5.74, 6) is 0.235. The van der Waals surface area contributed by atoms with E-state index in [1.54, 1.807) is 6.07 Å². The lowest BCUT2D eigenvalue weighted by molar-refractivity contribution is 0.253. The molecular weight excluding hydrogens is 241 g/mol. The zero-order chi connectivity index (χ0) is 12.5. The fourth-order valence-corrected chi connectivity index (χ4v) is 3.98. The van der Waals surface area contributed by atoms with E-state index >= 15 is 0 Å². The van der Waals surface area contributed by atoms with Crippen molar-refractivity contribution in [3.8, 4) is 0 Å². The number of hydrogen-bond donors (Lipinski definition) is 0. The Balaban J connectivity index is 2.00. The molecule has 1 saturated heterocycles. The highest BCUT2D eigenvalue weighted by atomic mass is 32.2. The highest BCUT2D eigenvalue weighted by Gasteiger charge is 2.30. The standard InChI is InChI=1S/C12H16FNO2S/c1-14(12-5-6-17(15,16)9-12)8-10-3-2-4-11(13)7-10/h2-4,7,12H,5-6,8-9H2,1H3/t12-/m0/s1. The number of nitrogens with zero attached hydrogens (tertiary/aromatic N) is 1. The first kappa shape index (κ1) is 12.5. The molecule has 0 aliphatic carbocycles. The van der Waals surface area contributed by atoms with Crippen LogP contribution in [0.4, 0.5) is 4.39 Å². The molecule has 5 heteroatoms. The Morgan fingerprint density at radius 3 is 2.82 bits per heavy atom. The smallest absolute Gasteiger partial charge is 0.151 e. The van der Waals surface area contributed by atoms with Crippen molar-refractivity contribution < 1.29 is 12.8 Å². The molecule has 1 aromatic carbocycles. The van der Waals surface area contributed by atoms with E-state index in [1.807, 2.05) is 18.0 Å². The van der Waals surface area contributed by atoms with Crippen LogP contribution in [0.15, 0.2) is 24.3 Å². The van der Waals surface area contributed by atoms with Crippen molar-refractivity contribution in [3.63, 3.8) is 0 Å². The van der Waals surface area contributed by atoms with Gasteiger partial charge in [-0.2, -0.15) is 0 Å². The van der Waals surface area contributed by atoms with Gasteiger partial charge in [0.05, 0.1) is 11.5 Å². The number of rotatable bonds is 3. The molecule has 0 radical (unpaired) electrons. The Bertz CT molecular complexity index is 501. The summed E-state index contributed by atoms with van der Waals surface area (Å²) in [6.07, 6.45) is 0.675. The maximum atomic E-state index is 13.0. The Hall–Kier alpha value is -0.940. The number of halogens is 1. The minimum Gasteiger partial charge on any atom is -0.298 e. The summed E-state index contributed by atoms with van der Waals surface area (Å²) in [6.45, 7) is 0.581. The fraction of sp³-hybridized carbons (Fsp3) is 0.500. The van der Waals surface area contributed by atoms with Crippen molar-refractivity contribution in [1.82, 2.24) is 4.90 Å². The molecule has 0 amide bonds. The van der Waals surface area contributed by atoms with Crippen molar-refractivity contribution in [2.45, 2.75) is 19.0 Å². The second kappa shape index (κ2) is 4.74. The number of hydrogen-bond acceptors (Lipinski definition) is 3. The Morgan fingerprint density at radius 1 is 1.47 bits per heavy atom. The molecule has 1 aliphatic rings. The predicted molar refractivity (Wildman–Crippen MR) is 64.9 cm³/mol. The summed E-state index contributed by atoms with van der Waals surface area (Å²) in [4.78, 5) is 1.99. The van der Waals surface area contributed by atoms with Crippen LogP contribution in [0.3, 0.4) is 0 Å². The molecule has 0 bridgehead atoms. The van der Waals surface area contributed by atoms with E-state index in [0.29, 0.717) is 13.0 Å². The topological polar surface area (TPSA) is 37.4 Å². The van der Waals surface area contributed by atoms with Crippen molar-refractivity contribution in [3.05, 3.63) is 35.6 Å². The number of sulfone groups is 1. The molecule has 1 aliphatic heterocycles.